The third kappa shape index (κ3) is 2.53. The Hall–Kier alpha value is -3.22. The average Bonchev–Trinajstić information content (AvgIpc) is 3.15. The zero-order chi connectivity index (χ0) is 17.6. The van der Waals surface area contributed by atoms with Gasteiger partial charge in [0.15, 0.2) is 5.65 Å². The minimum absolute atomic E-state index is 0.238. The molecule has 0 radical (unpaired) electrons. The van der Waals surface area contributed by atoms with Crippen LogP contribution >= 0.6 is 0 Å². The predicted molar refractivity (Wildman–Crippen MR) is 95.7 cm³/mol. The SMILES string of the molecule is CC(C)(C)n1c(NC(=O)c2cnn3cccnc23)nc2ccccc21. The molecule has 126 valence electrons. The zero-order valence-electron chi connectivity index (χ0n) is 14.3. The van der Waals surface area contributed by atoms with Crippen molar-refractivity contribution in [1.82, 2.24) is 24.1 Å². The molecule has 0 bridgehead atoms. The highest BCUT2D eigenvalue weighted by atomic mass is 16.1. The number of fused-ring (bicyclic) bond motifs is 2. The van der Waals surface area contributed by atoms with Gasteiger partial charge in [-0.25, -0.2) is 14.5 Å². The largest absolute Gasteiger partial charge is 0.305 e. The first-order chi connectivity index (χ1) is 11.9. The van der Waals surface area contributed by atoms with Crippen molar-refractivity contribution in [2.75, 3.05) is 5.32 Å². The van der Waals surface area contributed by atoms with E-state index in [0.717, 1.165) is 11.0 Å². The molecule has 3 aromatic heterocycles. The lowest BCUT2D eigenvalue weighted by Gasteiger charge is -2.24. The lowest BCUT2D eigenvalue weighted by Crippen LogP contribution is -2.25. The molecule has 25 heavy (non-hydrogen) atoms. The van der Waals surface area contributed by atoms with E-state index < -0.39 is 0 Å². The number of nitrogens with zero attached hydrogens (tertiary/aromatic N) is 5. The number of amides is 1. The number of carbonyl (C=O) groups excluding carboxylic acids is 1. The molecule has 0 spiro atoms. The van der Waals surface area contributed by atoms with Gasteiger partial charge in [-0.05, 0) is 39.0 Å². The number of anilines is 1. The summed E-state index contributed by atoms with van der Waals surface area (Å²) in [6.45, 7) is 6.23. The number of rotatable bonds is 2. The van der Waals surface area contributed by atoms with Gasteiger partial charge in [0, 0.05) is 17.9 Å². The van der Waals surface area contributed by atoms with E-state index in [1.54, 1.807) is 23.0 Å². The summed E-state index contributed by atoms with van der Waals surface area (Å²) in [5, 5.41) is 7.08. The first kappa shape index (κ1) is 15.3. The summed E-state index contributed by atoms with van der Waals surface area (Å²) >= 11 is 0. The van der Waals surface area contributed by atoms with E-state index in [1.165, 1.54) is 6.20 Å². The minimum atomic E-state index is -0.283. The number of aromatic nitrogens is 5. The molecule has 0 aliphatic heterocycles. The van der Waals surface area contributed by atoms with Crippen LogP contribution in [0.15, 0.2) is 48.9 Å². The topological polar surface area (TPSA) is 77.1 Å². The fourth-order valence-corrected chi connectivity index (χ4v) is 2.95. The summed E-state index contributed by atoms with van der Waals surface area (Å²) < 4.78 is 3.60. The molecular weight excluding hydrogens is 316 g/mol. The number of hydrogen-bond acceptors (Lipinski definition) is 4. The molecule has 1 amide bonds. The lowest BCUT2D eigenvalue weighted by molar-refractivity contribution is 0.102. The van der Waals surface area contributed by atoms with E-state index in [4.69, 9.17) is 0 Å². The van der Waals surface area contributed by atoms with Crippen molar-refractivity contribution in [3.05, 3.63) is 54.5 Å². The maximum atomic E-state index is 12.8. The van der Waals surface area contributed by atoms with Crippen LogP contribution in [0.4, 0.5) is 5.95 Å². The maximum absolute atomic E-state index is 12.8. The normalized spacial score (nSPS) is 12.0. The van der Waals surface area contributed by atoms with Gasteiger partial charge in [0.25, 0.3) is 5.91 Å². The summed E-state index contributed by atoms with van der Waals surface area (Å²) in [5.41, 5.74) is 2.50. The molecule has 7 heteroatoms. The zero-order valence-corrected chi connectivity index (χ0v) is 14.3. The van der Waals surface area contributed by atoms with Crippen molar-refractivity contribution < 1.29 is 4.79 Å². The van der Waals surface area contributed by atoms with Crippen LogP contribution in [0.5, 0.6) is 0 Å². The third-order valence-corrected chi connectivity index (χ3v) is 3.98. The molecule has 0 saturated carbocycles. The molecule has 0 aliphatic carbocycles. The van der Waals surface area contributed by atoms with Crippen molar-refractivity contribution in [3.63, 3.8) is 0 Å². The van der Waals surface area contributed by atoms with Crippen molar-refractivity contribution in [3.8, 4) is 0 Å². The Bertz CT molecular complexity index is 1090. The summed E-state index contributed by atoms with van der Waals surface area (Å²) in [6.07, 6.45) is 4.91. The highest BCUT2D eigenvalue weighted by Gasteiger charge is 2.24. The first-order valence-electron chi connectivity index (χ1n) is 8.03. The van der Waals surface area contributed by atoms with Gasteiger partial charge < -0.3 is 4.57 Å². The number of hydrogen-bond donors (Lipinski definition) is 1. The molecule has 0 saturated heterocycles. The van der Waals surface area contributed by atoms with Crippen LogP contribution in [-0.2, 0) is 5.54 Å². The van der Waals surface area contributed by atoms with Gasteiger partial charge in [-0.2, -0.15) is 5.10 Å². The van der Waals surface area contributed by atoms with Crippen molar-refractivity contribution in [2.24, 2.45) is 0 Å². The van der Waals surface area contributed by atoms with Gasteiger partial charge in [-0.1, -0.05) is 12.1 Å². The quantitative estimate of drug-likeness (QED) is 0.611. The molecule has 0 atom stereocenters. The Morgan fingerprint density at radius 2 is 1.96 bits per heavy atom. The van der Waals surface area contributed by atoms with Crippen LogP contribution in [0.1, 0.15) is 31.1 Å². The molecule has 1 aromatic carbocycles. The van der Waals surface area contributed by atoms with Crippen LogP contribution in [-0.4, -0.2) is 30.1 Å². The third-order valence-electron chi connectivity index (χ3n) is 3.98. The van der Waals surface area contributed by atoms with Crippen molar-refractivity contribution in [2.45, 2.75) is 26.3 Å². The maximum Gasteiger partial charge on any atom is 0.263 e. The Balaban J connectivity index is 1.79. The van der Waals surface area contributed by atoms with E-state index in [1.807, 2.05) is 28.8 Å². The van der Waals surface area contributed by atoms with Crippen LogP contribution in [0, 0.1) is 0 Å². The fraction of sp³-hybridized carbons (Fsp3) is 0.222. The molecule has 0 aliphatic rings. The molecule has 0 fully saturated rings. The smallest absolute Gasteiger partial charge is 0.263 e. The summed E-state index contributed by atoms with van der Waals surface area (Å²) in [4.78, 5) is 21.6. The fourth-order valence-electron chi connectivity index (χ4n) is 2.95. The average molecular weight is 334 g/mol. The first-order valence-corrected chi connectivity index (χ1v) is 8.03. The van der Waals surface area contributed by atoms with Gasteiger partial charge in [0.1, 0.15) is 5.56 Å². The minimum Gasteiger partial charge on any atom is -0.305 e. The van der Waals surface area contributed by atoms with E-state index >= 15 is 0 Å². The number of para-hydroxylation sites is 2. The Kier molecular flexibility index (Phi) is 3.31. The molecule has 4 aromatic rings. The van der Waals surface area contributed by atoms with Crippen molar-refractivity contribution in [1.29, 1.82) is 0 Å². The highest BCUT2D eigenvalue weighted by Crippen LogP contribution is 2.28. The van der Waals surface area contributed by atoms with Crippen LogP contribution < -0.4 is 5.32 Å². The second kappa shape index (κ2) is 5.41. The van der Waals surface area contributed by atoms with Crippen LogP contribution in [0.3, 0.4) is 0 Å². The van der Waals surface area contributed by atoms with E-state index in [-0.39, 0.29) is 11.4 Å². The lowest BCUT2D eigenvalue weighted by atomic mass is 10.1. The van der Waals surface area contributed by atoms with Gasteiger partial charge in [0.2, 0.25) is 5.95 Å². The predicted octanol–water partition coefficient (Wildman–Crippen LogP) is 3.09. The van der Waals surface area contributed by atoms with Gasteiger partial charge in [0.05, 0.1) is 17.2 Å². The van der Waals surface area contributed by atoms with Gasteiger partial charge >= 0.3 is 0 Å². The number of carbonyl (C=O) groups is 1. The second-order valence-corrected chi connectivity index (χ2v) is 6.83. The Morgan fingerprint density at radius 3 is 2.76 bits per heavy atom. The molecule has 0 unspecified atom stereocenters. The molecule has 1 N–H and O–H groups in total. The monoisotopic (exact) mass is 334 g/mol. The van der Waals surface area contributed by atoms with Crippen LogP contribution in [0.25, 0.3) is 16.7 Å². The van der Waals surface area contributed by atoms with Crippen LogP contribution in [0.2, 0.25) is 0 Å². The van der Waals surface area contributed by atoms with Gasteiger partial charge in [-0.15, -0.1) is 0 Å². The second-order valence-electron chi connectivity index (χ2n) is 6.83. The summed E-state index contributed by atoms with van der Waals surface area (Å²) in [6, 6.07) is 9.60. The highest BCUT2D eigenvalue weighted by molar-refractivity contribution is 6.08. The summed E-state index contributed by atoms with van der Waals surface area (Å²) in [5.74, 6) is 0.225. The summed E-state index contributed by atoms with van der Waals surface area (Å²) in [7, 11) is 0. The number of benzene rings is 1. The van der Waals surface area contributed by atoms with Crippen molar-refractivity contribution >= 4 is 28.5 Å². The Morgan fingerprint density at radius 1 is 1.16 bits per heavy atom. The van der Waals surface area contributed by atoms with E-state index in [2.05, 4.69) is 41.2 Å². The molecule has 7 nitrogen and oxygen atoms in total. The van der Waals surface area contributed by atoms with E-state index in [0.29, 0.717) is 17.2 Å². The molecular formula is C18H18N6O. The van der Waals surface area contributed by atoms with Gasteiger partial charge in [-0.3, -0.25) is 10.1 Å². The Labute approximate surface area is 144 Å². The number of imidazole rings is 1. The molecule has 4 rings (SSSR count). The number of nitrogens with one attached hydrogen (secondary N) is 1. The standard InChI is InChI=1S/C18H18N6O/c1-18(2,3)24-14-8-5-4-7-13(14)21-17(24)22-16(25)12-11-20-23-10-6-9-19-15(12)23/h4-11H,1-3H3,(H,21,22,25). The molecule has 3 heterocycles. The van der Waals surface area contributed by atoms with E-state index in [9.17, 15) is 4.79 Å².